The van der Waals surface area contributed by atoms with E-state index in [1.165, 1.54) is 19.1 Å². The van der Waals surface area contributed by atoms with E-state index in [1.807, 2.05) is 13.1 Å². The van der Waals surface area contributed by atoms with Crippen LogP contribution in [-0.4, -0.2) is 43.4 Å². The van der Waals surface area contributed by atoms with Gasteiger partial charge >= 0.3 is 0 Å². The number of ether oxygens (including phenoxy) is 2. The Kier molecular flexibility index (Phi) is 10.2. The van der Waals surface area contributed by atoms with E-state index in [1.54, 1.807) is 23.5 Å². The molecule has 0 bridgehead atoms. The van der Waals surface area contributed by atoms with Crippen molar-refractivity contribution in [3.63, 3.8) is 0 Å². The molecule has 1 aromatic carbocycles. The summed E-state index contributed by atoms with van der Waals surface area (Å²) in [5.74, 6) is 1.46. The van der Waals surface area contributed by atoms with Gasteiger partial charge in [-0.3, -0.25) is 0 Å². The highest BCUT2D eigenvalue weighted by Gasteiger charge is 2.11. The number of phenolic OH excluding ortho intramolecular Hbond substituents is 1. The Morgan fingerprint density at radius 1 is 1.22 bits per heavy atom. The molecule has 7 nitrogen and oxygen atoms in total. The number of nitrogens with one attached hydrogen (secondary N) is 2. The first-order chi connectivity index (χ1) is 12.6. The minimum absolute atomic E-state index is 0. The van der Waals surface area contributed by atoms with E-state index < -0.39 is 0 Å². The Balaban J connectivity index is 0.00000364. The summed E-state index contributed by atoms with van der Waals surface area (Å²) in [6, 6.07) is 3.51. The molecule has 1 aromatic heterocycles. The Bertz CT molecular complexity index is 727. The average Bonchev–Trinajstić information content (AvgIpc) is 3.05. The van der Waals surface area contributed by atoms with E-state index in [-0.39, 0.29) is 29.7 Å². The second-order valence-corrected chi connectivity index (χ2v) is 6.90. The maximum atomic E-state index is 9.99. The SMILES string of the molecule is CCNC(=NCc1cc(OC)c(O)c(OC)c1)NCCc1ncc(C)s1.I. The zero-order valence-corrected chi connectivity index (χ0v) is 19.2. The van der Waals surface area contributed by atoms with Crippen LogP contribution in [0.25, 0.3) is 0 Å². The van der Waals surface area contributed by atoms with Crippen LogP contribution in [0.4, 0.5) is 0 Å². The van der Waals surface area contributed by atoms with Crippen molar-refractivity contribution in [3.8, 4) is 17.2 Å². The van der Waals surface area contributed by atoms with Gasteiger partial charge in [-0.1, -0.05) is 0 Å². The van der Waals surface area contributed by atoms with Gasteiger partial charge in [-0.15, -0.1) is 35.3 Å². The van der Waals surface area contributed by atoms with E-state index in [9.17, 15) is 5.11 Å². The van der Waals surface area contributed by atoms with Crippen LogP contribution in [0, 0.1) is 6.92 Å². The quantitative estimate of drug-likeness (QED) is 0.290. The number of aliphatic imine (C=N–C) groups is 1. The smallest absolute Gasteiger partial charge is 0.200 e. The van der Waals surface area contributed by atoms with Gasteiger partial charge in [-0.25, -0.2) is 9.98 Å². The van der Waals surface area contributed by atoms with Crippen LogP contribution in [0.5, 0.6) is 17.2 Å². The maximum Gasteiger partial charge on any atom is 0.200 e. The van der Waals surface area contributed by atoms with Gasteiger partial charge in [0, 0.05) is 30.6 Å². The summed E-state index contributed by atoms with van der Waals surface area (Å²) in [5, 5.41) is 17.6. The molecule has 0 radical (unpaired) electrons. The number of halogens is 1. The molecule has 0 saturated heterocycles. The van der Waals surface area contributed by atoms with Crippen molar-refractivity contribution in [2.45, 2.75) is 26.8 Å². The first-order valence-corrected chi connectivity index (χ1v) is 9.26. The molecule has 150 valence electrons. The van der Waals surface area contributed by atoms with Gasteiger partial charge in [0.15, 0.2) is 17.5 Å². The Hall–Kier alpha value is -1.75. The van der Waals surface area contributed by atoms with Gasteiger partial charge in [-0.05, 0) is 31.5 Å². The highest BCUT2D eigenvalue weighted by atomic mass is 127. The third kappa shape index (κ3) is 7.06. The lowest BCUT2D eigenvalue weighted by Gasteiger charge is -2.12. The predicted molar refractivity (Wildman–Crippen MR) is 120 cm³/mol. The van der Waals surface area contributed by atoms with Crippen LogP contribution in [0.2, 0.25) is 0 Å². The summed E-state index contributed by atoms with van der Waals surface area (Å²) < 4.78 is 10.4. The minimum atomic E-state index is -0.00787. The fourth-order valence-electron chi connectivity index (χ4n) is 2.36. The van der Waals surface area contributed by atoms with E-state index in [4.69, 9.17) is 9.47 Å². The van der Waals surface area contributed by atoms with Gasteiger partial charge in [0.25, 0.3) is 0 Å². The highest BCUT2D eigenvalue weighted by Crippen LogP contribution is 2.37. The Morgan fingerprint density at radius 2 is 1.89 bits per heavy atom. The minimum Gasteiger partial charge on any atom is -0.502 e. The van der Waals surface area contributed by atoms with Crippen molar-refractivity contribution < 1.29 is 14.6 Å². The lowest BCUT2D eigenvalue weighted by Crippen LogP contribution is -2.38. The Morgan fingerprint density at radius 3 is 2.41 bits per heavy atom. The van der Waals surface area contributed by atoms with E-state index in [0.717, 1.165) is 36.0 Å². The van der Waals surface area contributed by atoms with Crippen LogP contribution >= 0.6 is 35.3 Å². The predicted octanol–water partition coefficient (Wildman–Crippen LogP) is 3.09. The zero-order valence-electron chi connectivity index (χ0n) is 16.0. The molecule has 9 heteroatoms. The molecule has 1 heterocycles. The lowest BCUT2D eigenvalue weighted by atomic mass is 10.2. The standard InChI is InChI=1S/C18H26N4O3S.HI/c1-5-19-18(20-7-6-16-21-10-12(2)26-16)22-11-13-8-14(24-3)17(23)15(9-13)25-4;/h8-10,23H,5-7,11H2,1-4H3,(H2,19,20,22);1H. The number of hydrogen-bond acceptors (Lipinski definition) is 6. The molecular formula is C18H27IN4O3S. The third-order valence-corrected chi connectivity index (χ3v) is 4.58. The van der Waals surface area contributed by atoms with E-state index in [0.29, 0.717) is 18.0 Å². The van der Waals surface area contributed by atoms with Crippen molar-refractivity contribution >= 4 is 41.3 Å². The number of hydrogen-bond donors (Lipinski definition) is 3. The molecule has 2 rings (SSSR count). The van der Waals surface area contributed by atoms with Crippen molar-refractivity contribution in [3.05, 3.63) is 33.8 Å². The van der Waals surface area contributed by atoms with E-state index >= 15 is 0 Å². The number of benzene rings is 1. The van der Waals surface area contributed by atoms with Crippen molar-refractivity contribution in [2.24, 2.45) is 4.99 Å². The summed E-state index contributed by atoms with van der Waals surface area (Å²) in [7, 11) is 3.01. The van der Waals surface area contributed by atoms with Gasteiger partial charge in [-0.2, -0.15) is 0 Å². The molecule has 0 unspecified atom stereocenters. The molecule has 0 aliphatic rings. The maximum absolute atomic E-state index is 9.99. The number of aromatic hydroxyl groups is 1. The summed E-state index contributed by atoms with van der Waals surface area (Å²) in [5.41, 5.74) is 0.879. The van der Waals surface area contributed by atoms with Crippen LogP contribution in [0.15, 0.2) is 23.3 Å². The number of guanidine groups is 1. The first kappa shape index (κ1) is 23.3. The van der Waals surface area contributed by atoms with Crippen LogP contribution < -0.4 is 20.1 Å². The first-order valence-electron chi connectivity index (χ1n) is 8.44. The third-order valence-electron chi connectivity index (χ3n) is 3.60. The van der Waals surface area contributed by atoms with Crippen molar-refractivity contribution in [2.75, 3.05) is 27.3 Å². The molecule has 0 saturated carbocycles. The van der Waals surface area contributed by atoms with Gasteiger partial charge in [0.2, 0.25) is 5.75 Å². The number of methoxy groups -OCH3 is 2. The number of rotatable bonds is 8. The molecule has 3 N–H and O–H groups in total. The summed E-state index contributed by atoms with van der Waals surface area (Å²) in [6.07, 6.45) is 2.74. The van der Waals surface area contributed by atoms with Gasteiger partial charge in [0.1, 0.15) is 0 Å². The second kappa shape index (κ2) is 11.9. The van der Waals surface area contributed by atoms with Crippen LogP contribution in [-0.2, 0) is 13.0 Å². The average molecular weight is 506 g/mol. The van der Waals surface area contributed by atoms with Gasteiger partial charge < -0.3 is 25.2 Å². The fourth-order valence-corrected chi connectivity index (χ4v) is 3.14. The summed E-state index contributed by atoms with van der Waals surface area (Å²) in [4.78, 5) is 10.2. The van der Waals surface area contributed by atoms with Gasteiger partial charge in [0.05, 0.1) is 25.8 Å². The number of nitrogens with zero attached hydrogens (tertiary/aromatic N) is 2. The molecule has 0 atom stereocenters. The molecule has 0 spiro atoms. The number of aromatic nitrogens is 1. The molecule has 0 fully saturated rings. The van der Waals surface area contributed by atoms with Crippen LogP contribution in [0.3, 0.4) is 0 Å². The Labute approximate surface area is 181 Å². The summed E-state index contributed by atoms with van der Waals surface area (Å²) in [6.45, 7) is 6.03. The molecule has 0 aliphatic carbocycles. The normalized spacial score (nSPS) is 10.9. The number of thiazole rings is 1. The van der Waals surface area contributed by atoms with E-state index in [2.05, 4.69) is 27.5 Å². The second-order valence-electron chi connectivity index (χ2n) is 5.59. The zero-order chi connectivity index (χ0) is 18.9. The highest BCUT2D eigenvalue weighted by molar-refractivity contribution is 14.0. The fraction of sp³-hybridized carbons (Fsp3) is 0.444. The molecule has 2 aromatic rings. The molecule has 0 aliphatic heterocycles. The largest absolute Gasteiger partial charge is 0.502 e. The van der Waals surface area contributed by atoms with Crippen molar-refractivity contribution in [1.29, 1.82) is 0 Å². The number of phenols is 1. The molecule has 27 heavy (non-hydrogen) atoms. The molecular weight excluding hydrogens is 479 g/mol. The molecule has 0 amide bonds. The monoisotopic (exact) mass is 506 g/mol. The number of aryl methyl sites for hydroxylation is 1. The topological polar surface area (TPSA) is 88.0 Å². The summed E-state index contributed by atoms with van der Waals surface area (Å²) >= 11 is 1.71. The van der Waals surface area contributed by atoms with Crippen molar-refractivity contribution in [1.82, 2.24) is 15.6 Å². The lowest BCUT2D eigenvalue weighted by molar-refractivity contribution is 0.339. The van der Waals surface area contributed by atoms with Crippen LogP contribution in [0.1, 0.15) is 22.4 Å².